The van der Waals surface area contributed by atoms with Crippen molar-refractivity contribution in [1.29, 1.82) is 0 Å². The van der Waals surface area contributed by atoms with Crippen LogP contribution in [0.5, 0.6) is 0 Å². The van der Waals surface area contributed by atoms with Crippen LogP contribution in [0.3, 0.4) is 0 Å². The van der Waals surface area contributed by atoms with E-state index < -0.39 is 0 Å². The van der Waals surface area contributed by atoms with Crippen LogP contribution >= 0.6 is 0 Å². The van der Waals surface area contributed by atoms with Crippen molar-refractivity contribution in [3.05, 3.63) is 29.6 Å². The van der Waals surface area contributed by atoms with Gasteiger partial charge in [0.1, 0.15) is 0 Å². The molecule has 0 aliphatic heterocycles. The van der Waals surface area contributed by atoms with Crippen molar-refractivity contribution in [1.82, 2.24) is 26.3 Å². The molecule has 0 spiro atoms. The predicted octanol–water partition coefficient (Wildman–Crippen LogP) is 1.34. The molecule has 0 radical (unpaired) electrons. The van der Waals surface area contributed by atoms with Crippen molar-refractivity contribution < 1.29 is 9.59 Å². The summed E-state index contributed by atoms with van der Waals surface area (Å²) in [5.74, 6) is 0. The Balaban J connectivity index is 2.57. The molecule has 0 fully saturated rings. The molecule has 1 aromatic heterocycles. The number of nitrogens with zero attached hydrogens (tertiary/aromatic N) is 3. The van der Waals surface area contributed by atoms with E-state index in [2.05, 4.69) is 36.2 Å². The number of hydrogen-bond acceptors (Lipinski definition) is 5. The third-order valence-electron chi connectivity index (χ3n) is 3.66. The van der Waals surface area contributed by atoms with Crippen LogP contribution in [0.1, 0.15) is 39.1 Å². The van der Waals surface area contributed by atoms with Crippen LogP contribution in [0.4, 0.5) is 9.59 Å². The molecule has 1 rings (SSSR count). The number of carbonyl (C=O) groups excluding carboxylic acids is 2. The highest BCUT2D eigenvalue weighted by Gasteiger charge is 2.04. The van der Waals surface area contributed by atoms with Gasteiger partial charge in [0.25, 0.3) is 0 Å². The number of carbonyl (C=O) groups is 2. The lowest BCUT2D eigenvalue weighted by molar-refractivity contribution is 0.241. The summed E-state index contributed by atoms with van der Waals surface area (Å²) in [6.45, 7) is 10.6. The average molecular weight is 390 g/mol. The number of rotatable bonds is 10. The van der Waals surface area contributed by atoms with Gasteiger partial charge in [0.2, 0.25) is 0 Å². The van der Waals surface area contributed by atoms with Crippen LogP contribution in [0.25, 0.3) is 0 Å². The van der Waals surface area contributed by atoms with Gasteiger partial charge in [0.05, 0.1) is 35.9 Å². The standard InChI is InChI=1S/C19H31N7O2/c1-5-20-18(27)24-12-10-22-14(3)16-8-7-9-17(26-16)15(4)23-11-13-25-19(28)21-6-2/h7-9H,5-6,10-13H2,1-4H3,(H2,20,24,27)(H2,21,25,28). The molecule has 1 heterocycles. The van der Waals surface area contributed by atoms with Crippen LogP contribution in [0.2, 0.25) is 0 Å². The Morgan fingerprint density at radius 1 is 0.821 bits per heavy atom. The Bertz CT molecular complexity index is 646. The first-order chi connectivity index (χ1) is 13.5. The molecule has 28 heavy (non-hydrogen) atoms. The summed E-state index contributed by atoms with van der Waals surface area (Å²) < 4.78 is 0. The second kappa shape index (κ2) is 13.2. The molecule has 9 heteroatoms. The molecule has 0 aliphatic rings. The lowest BCUT2D eigenvalue weighted by Crippen LogP contribution is -2.36. The fraction of sp³-hybridized carbons (Fsp3) is 0.526. The largest absolute Gasteiger partial charge is 0.338 e. The molecular formula is C19H31N7O2. The molecule has 0 aromatic carbocycles. The first kappa shape index (κ1) is 23.1. The van der Waals surface area contributed by atoms with Crippen molar-refractivity contribution >= 4 is 23.5 Å². The lowest BCUT2D eigenvalue weighted by Gasteiger charge is -2.07. The molecular weight excluding hydrogens is 358 g/mol. The van der Waals surface area contributed by atoms with Gasteiger partial charge in [0, 0.05) is 26.2 Å². The highest BCUT2D eigenvalue weighted by Crippen LogP contribution is 2.03. The first-order valence-electron chi connectivity index (χ1n) is 9.51. The number of aliphatic imine (C=N–C) groups is 2. The van der Waals surface area contributed by atoms with E-state index in [1.54, 1.807) is 0 Å². The Morgan fingerprint density at radius 3 is 1.64 bits per heavy atom. The van der Waals surface area contributed by atoms with E-state index in [1.165, 1.54) is 0 Å². The predicted molar refractivity (Wildman–Crippen MR) is 113 cm³/mol. The molecule has 0 saturated heterocycles. The lowest BCUT2D eigenvalue weighted by atomic mass is 10.2. The second-order valence-electron chi connectivity index (χ2n) is 5.91. The van der Waals surface area contributed by atoms with Gasteiger partial charge in [-0.25, -0.2) is 14.6 Å². The Kier molecular flexibility index (Phi) is 10.9. The highest BCUT2D eigenvalue weighted by molar-refractivity contribution is 6.00. The van der Waals surface area contributed by atoms with E-state index in [9.17, 15) is 9.59 Å². The monoisotopic (exact) mass is 389 g/mol. The van der Waals surface area contributed by atoms with Gasteiger partial charge in [-0.1, -0.05) is 6.07 Å². The number of nitrogens with one attached hydrogen (secondary N) is 4. The molecule has 154 valence electrons. The molecule has 4 N–H and O–H groups in total. The first-order valence-corrected chi connectivity index (χ1v) is 9.51. The van der Waals surface area contributed by atoms with E-state index in [-0.39, 0.29) is 12.1 Å². The van der Waals surface area contributed by atoms with Gasteiger partial charge in [-0.2, -0.15) is 0 Å². The molecule has 9 nitrogen and oxygen atoms in total. The average Bonchev–Trinajstić information content (AvgIpc) is 2.68. The number of hydrogen-bond donors (Lipinski definition) is 4. The molecule has 0 saturated carbocycles. The van der Waals surface area contributed by atoms with E-state index in [4.69, 9.17) is 0 Å². The van der Waals surface area contributed by atoms with Crippen molar-refractivity contribution in [2.75, 3.05) is 39.3 Å². The minimum Gasteiger partial charge on any atom is -0.338 e. The van der Waals surface area contributed by atoms with Gasteiger partial charge < -0.3 is 21.3 Å². The summed E-state index contributed by atoms with van der Waals surface area (Å²) in [6, 6.07) is 5.32. The molecule has 4 amide bonds. The summed E-state index contributed by atoms with van der Waals surface area (Å²) >= 11 is 0. The Labute approximate surface area is 166 Å². The minimum atomic E-state index is -0.191. The third-order valence-corrected chi connectivity index (χ3v) is 3.66. The Morgan fingerprint density at radius 2 is 1.25 bits per heavy atom. The SMILES string of the molecule is CCNC(=O)NCCN=C(C)c1cccc(C(C)=NCCNC(=O)NCC)n1. The maximum absolute atomic E-state index is 11.3. The minimum absolute atomic E-state index is 0.191. The Hall–Kier alpha value is -2.97. The van der Waals surface area contributed by atoms with Gasteiger partial charge in [0.15, 0.2) is 0 Å². The summed E-state index contributed by atoms with van der Waals surface area (Å²) in [7, 11) is 0. The summed E-state index contributed by atoms with van der Waals surface area (Å²) in [5.41, 5.74) is 3.13. The second-order valence-corrected chi connectivity index (χ2v) is 5.91. The quantitative estimate of drug-likeness (QED) is 0.357. The number of amides is 4. The molecule has 0 bridgehead atoms. The van der Waals surface area contributed by atoms with Crippen LogP contribution < -0.4 is 21.3 Å². The molecule has 0 aliphatic carbocycles. The zero-order valence-electron chi connectivity index (χ0n) is 17.1. The van der Waals surface area contributed by atoms with Gasteiger partial charge >= 0.3 is 12.1 Å². The smallest absolute Gasteiger partial charge is 0.314 e. The van der Waals surface area contributed by atoms with E-state index in [0.29, 0.717) is 39.3 Å². The third kappa shape index (κ3) is 9.11. The van der Waals surface area contributed by atoms with Gasteiger partial charge in [-0.05, 0) is 39.8 Å². The van der Waals surface area contributed by atoms with Crippen LogP contribution in [0, 0.1) is 0 Å². The highest BCUT2D eigenvalue weighted by atomic mass is 16.2. The van der Waals surface area contributed by atoms with E-state index in [1.807, 2.05) is 45.9 Å². The summed E-state index contributed by atoms with van der Waals surface area (Å²) in [6.07, 6.45) is 0. The topological polar surface area (TPSA) is 120 Å². The molecule has 0 unspecified atom stereocenters. The number of urea groups is 2. The summed E-state index contributed by atoms with van der Waals surface area (Å²) in [5, 5.41) is 10.8. The summed E-state index contributed by atoms with van der Waals surface area (Å²) in [4.78, 5) is 36.2. The maximum atomic E-state index is 11.3. The van der Waals surface area contributed by atoms with Crippen molar-refractivity contribution in [3.63, 3.8) is 0 Å². The molecule has 0 atom stereocenters. The van der Waals surface area contributed by atoms with Crippen molar-refractivity contribution in [2.24, 2.45) is 9.98 Å². The zero-order chi connectivity index (χ0) is 20.8. The number of aromatic nitrogens is 1. The van der Waals surface area contributed by atoms with Crippen molar-refractivity contribution in [2.45, 2.75) is 27.7 Å². The van der Waals surface area contributed by atoms with Crippen LogP contribution in [-0.2, 0) is 0 Å². The van der Waals surface area contributed by atoms with Gasteiger partial charge in [-0.3, -0.25) is 9.98 Å². The van der Waals surface area contributed by atoms with Gasteiger partial charge in [-0.15, -0.1) is 0 Å². The fourth-order valence-corrected chi connectivity index (χ4v) is 2.23. The maximum Gasteiger partial charge on any atom is 0.314 e. The van der Waals surface area contributed by atoms with Crippen LogP contribution in [0.15, 0.2) is 28.2 Å². The van der Waals surface area contributed by atoms with Crippen LogP contribution in [-0.4, -0.2) is 67.7 Å². The fourth-order valence-electron chi connectivity index (χ4n) is 2.23. The van der Waals surface area contributed by atoms with E-state index >= 15 is 0 Å². The molecule has 1 aromatic rings. The zero-order valence-corrected chi connectivity index (χ0v) is 17.1. The normalized spacial score (nSPS) is 11.7. The van der Waals surface area contributed by atoms with E-state index in [0.717, 1.165) is 22.8 Å². The van der Waals surface area contributed by atoms with Crippen molar-refractivity contribution in [3.8, 4) is 0 Å². The number of pyridine rings is 1.